The van der Waals surface area contributed by atoms with Gasteiger partial charge in [-0.2, -0.15) is 0 Å². The third-order valence-corrected chi connectivity index (χ3v) is 5.92. The van der Waals surface area contributed by atoms with Gasteiger partial charge in [0.1, 0.15) is 5.71 Å². The molecule has 0 atom stereocenters. The molecule has 1 aliphatic rings. The van der Waals surface area contributed by atoms with Crippen LogP contribution >= 0.6 is 11.8 Å². The Balaban J connectivity index is 1.75. The second-order valence-corrected chi connectivity index (χ2v) is 8.20. The summed E-state index contributed by atoms with van der Waals surface area (Å²) >= 11 is 1.84. The van der Waals surface area contributed by atoms with Crippen LogP contribution in [0, 0.1) is 12.3 Å². The molecule has 0 N–H and O–H groups in total. The molecule has 0 spiro atoms. The second-order valence-electron chi connectivity index (χ2n) is 7.18. The Morgan fingerprint density at radius 2 is 2.06 bits per heavy atom. The molecule has 4 nitrogen and oxygen atoms in total. The summed E-state index contributed by atoms with van der Waals surface area (Å²) in [5.41, 5.74) is 7.30. The first kappa shape index (κ1) is 20.8. The SMILES string of the molecule is C#CC(=N/C=C\C)c1cc(Cc2ccc3c(c2)SCC(C)=N3)cc(-c2ccccn2)n1. The first-order valence-electron chi connectivity index (χ1n) is 10.0. The van der Waals surface area contributed by atoms with Gasteiger partial charge in [0.2, 0.25) is 0 Å². The number of allylic oxidation sites excluding steroid dienone is 1. The van der Waals surface area contributed by atoms with Crippen LogP contribution in [0.3, 0.4) is 0 Å². The maximum Gasteiger partial charge on any atom is 0.138 e. The highest BCUT2D eigenvalue weighted by atomic mass is 32.2. The van der Waals surface area contributed by atoms with E-state index in [0.29, 0.717) is 11.4 Å². The van der Waals surface area contributed by atoms with Crippen molar-refractivity contribution in [3.05, 3.63) is 83.8 Å². The lowest BCUT2D eigenvalue weighted by molar-refractivity contribution is 1.13. The molecular formula is C26H22N4S. The van der Waals surface area contributed by atoms with Crippen LogP contribution in [-0.2, 0) is 6.42 Å². The molecule has 31 heavy (non-hydrogen) atoms. The van der Waals surface area contributed by atoms with E-state index in [2.05, 4.69) is 52.1 Å². The zero-order valence-corrected chi connectivity index (χ0v) is 18.4. The summed E-state index contributed by atoms with van der Waals surface area (Å²) in [5, 5.41) is 0. The Bertz CT molecular complexity index is 1230. The number of thioether (sulfide) groups is 1. The molecule has 2 aromatic heterocycles. The summed E-state index contributed by atoms with van der Waals surface area (Å²) in [6.45, 7) is 3.97. The van der Waals surface area contributed by atoms with Crippen LogP contribution in [0.2, 0.25) is 0 Å². The smallest absolute Gasteiger partial charge is 0.138 e. The summed E-state index contributed by atoms with van der Waals surface area (Å²) in [6.07, 6.45) is 11.8. The molecular weight excluding hydrogens is 400 g/mol. The molecule has 0 radical (unpaired) electrons. The highest BCUT2D eigenvalue weighted by Crippen LogP contribution is 2.35. The quantitative estimate of drug-likeness (QED) is 0.381. The fraction of sp³-hybridized carbons (Fsp3) is 0.154. The van der Waals surface area contributed by atoms with Gasteiger partial charge in [0, 0.05) is 28.8 Å². The van der Waals surface area contributed by atoms with Crippen molar-refractivity contribution in [1.29, 1.82) is 0 Å². The molecule has 3 heterocycles. The van der Waals surface area contributed by atoms with E-state index in [4.69, 9.17) is 11.4 Å². The number of fused-ring (bicyclic) bond motifs is 1. The van der Waals surface area contributed by atoms with E-state index in [0.717, 1.165) is 40.5 Å². The van der Waals surface area contributed by atoms with Gasteiger partial charge >= 0.3 is 0 Å². The van der Waals surface area contributed by atoms with Gasteiger partial charge in [-0.3, -0.25) is 9.98 Å². The van der Waals surface area contributed by atoms with Crippen molar-refractivity contribution in [3.63, 3.8) is 0 Å². The predicted molar refractivity (Wildman–Crippen MR) is 130 cm³/mol. The molecule has 1 aromatic carbocycles. The van der Waals surface area contributed by atoms with E-state index >= 15 is 0 Å². The maximum atomic E-state index is 5.74. The zero-order chi connectivity index (χ0) is 21.6. The lowest BCUT2D eigenvalue weighted by atomic mass is 10.0. The Labute approximate surface area is 187 Å². The van der Waals surface area contributed by atoms with Crippen molar-refractivity contribution in [2.45, 2.75) is 25.2 Å². The average Bonchev–Trinajstić information content (AvgIpc) is 2.80. The van der Waals surface area contributed by atoms with Crippen molar-refractivity contribution in [1.82, 2.24) is 9.97 Å². The van der Waals surface area contributed by atoms with Crippen molar-refractivity contribution >= 4 is 28.9 Å². The van der Waals surface area contributed by atoms with Gasteiger partial charge in [-0.1, -0.05) is 18.2 Å². The number of pyridine rings is 2. The van der Waals surface area contributed by atoms with E-state index in [-0.39, 0.29) is 0 Å². The number of nitrogens with zero attached hydrogens (tertiary/aromatic N) is 4. The first-order valence-corrected chi connectivity index (χ1v) is 11.0. The summed E-state index contributed by atoms with van der Waals surface area (Å²) in [7, 11) is 0. The molecule has 0 saturated heterocycles. The molecule has 0 bridgehead atoms. The lowest BCUT2D eigenvalue weighted by Gasteiger charge is -2.14. The Hall–Kier alpha value is -3.49. The maximum absolute atomic E-state index is 5.74. The fourth-order valence-electron chi connectivity index (χ4n) is 3.31. The van der Waals surface area contributed by atoms with Crippen molar-refractivity contribution in [2.75, 3.05) is 5.75 Å². The highest BCUT2D eigenvalue weighted by Gasteiger charge is 2.13. The molecule has 0 unspecified atom stereocenters. The molecule has 0 fully saturated rings. The van der Waals surface area contributed by atoms with Gasteiger partial charge in [-0.25, -0.2) is 9.98 Å². The lowest BCUT2D eigenvalue weighted by Crippen LogP contribution is -2.05. The zero-order valence-electron chi connectivity index (χ0n) is 17.5. The number of benzene rings is 1. The summed E-state index contributed by atoms with van der Waals surface area (Å²) in [4.78, 5) is 19.5. The van der Waals surface area contributed by atoms with Crippen LogP contribution in [-0.4, -0.2) is 27.1 Å². The number of aliphatic imine (C=N–C) groups is 2. The van der Waals surface area contributed by atoms with Crippen molar-refractivity contribution < 1.29 is 0 Å². The summed E-state index contributed by atoms with van der Waals surface area (Å²) in [5.74, 6) is 3.60. The number of hydrogen-bond acceptors (Lipinski definition) is 5. The Kier molecular flexibility index (Phi) is 6.40. The second kappa shape index (κ2) is 9.55. The predicted octanol–water partition coefficient (Wildman–Crippen LogP) is 5.89. The molecule has 4 rings (SSSR count). The molecule has 5 heteroatoms. The van der Waals surface area contributed by atoms with Gasteiger partial charge in [0.15, 0.2) is 0 Å². The number of aromatic nitrogens is 2. The number of rotatable bonds is 5. The highest BCUT2D eigenvalue weighted by molar-refractivity contribution is 8.00. The van der Waals surface area contributed by atoms with Crippen LogP contribution in [0.4, 0.5) is 5.69 Å². The van der Waals surface area contributed by atoms with E-state index < -0.39 is 0 Å². The van der Waals surface area contributed by atoms with Gasteiger partial charge in [-0.15, -0.1) is 18.2 Å². The minimum atomic E-state index is 0.503. The molecule has 0 aliphatic carbocycles. The van der Waals surface area contributed by atoms with Crippen LogP contribution in [0.15, 0.2) is 81.9 Å². The number of hydrogen-bond donors (Lipinski definition) is 0. The molecule has 0 saturated carbocycles. The van der Waals surface area contributed by atoms with Crippen molar-refractivity contribution in [3.8, 4) is 23.7 Å². The monoisotopic (exact) mass is 422 g/mol. The molecule has 0 amide bonds. The van der Waals surface area contributed by atoms with Gasteiger partial charge in [-0.05, 0) is 73.7 Å². The van der Waals surface area contributed by atoms with E-state index in [9.17, 15) is 0 Å². The fourth-order valence-corrected chi connectivity index (χ4v) is 4.24. The van der Waals surface area contributed by atoms with Gasteiger partial charge in [0.25, 0.3) is 0 Å². The molecule has 1 aliphatic heterocycles. The van der Waals surface area contributed by atoms with Gasteiger partial charge in [0.05, 0.1) is 22.8 Å². The molecule has 3 aromatic rings. The minimum Gasteiger partial charge on any atom is -0.256 e. The topological polar surface area (TPSA) is 50.5 Å². The Morgan fingerprint density at radius 1 is 1.16 bits per heavy atom. The van der Waals surface area contributed by atoms with Crippen LogP contribution < -0.4 is 0 Å². The first-order chi connectivity index (χ1) is 15.2. The van der Waals surface area contributed by atoms with Crippen LogP contribution in [0.25, 0.3) is 11.4 Å². The number of terminal acetylenes is 1. The van der Waals surface area contributed by atoms with E-state index in [1.165, 1.54) is 10.5 Å². The third kappa shape index (κ3) is 4.99. The molecule has 152 valence electrons. The van der Waals surface area contributed by atoms with Crippen LogP contribution in [0.5, 0.6) is 0 Å². The normalized spacial score (nSPS) is 13.6. The summed E-state index contributed by atoms with van der Waals surface area (Å²) < 4.78 is 0. The minimum absolute atomic E-state index is 0.503. The third-order valence-electron chi connectivity index (χ3n) is 4.72. The van der Waals surface area contributed by atoms with E-state index in [1.54, 1.807) is 12.4 Å². The standard InChI is InChI=1S/C26H22N4S/c1-4-11-27-21(5-2)24-14-20(15-25(30-24)22-8-6-7-12-28-22)13-19-9-10-23-26(16-19)31-17-18(3)29-23/h2,4,6-12,14-16H,13,17H2,1,3H3/b11-4-,27-21?. The van der Waals surface area contributed by atoms with Crippen LogP contribution in [0.1, 0.15) is 30.7 Å². The van der Waals surface area contributed by atoms with Gasteiger partial charge < -0.3 is 0 Å². The van der Waals surface area contributed by atoms with Crippen molar-refractivity contribution in [2.24, 2.45) is 9.98 Å². The Morgan fingerprint density at radius 3 is 2.84 bits per heavy atom. The average molecular weight is 423 g/mol. The largest absolute Gasteiger partial charge is 0.256 e. The summed E-state index contributed by atoms with van der Waals surface area (Å²) in [6, 6.07) is 16.4. The van der Waals surface area contributed by atoms with E-state index in [1.807, 2.05) is 49.0 Å².